The van der Waals surface area contributed by atoms with Crippen molar-refractivity contribution in [2.75, 3.05) is 57.6 Å². The quantitative estimate of drug-likeness (QED) is 0.0416. The monoisotopic (exact) mass is 1200 g/mol. The number of nitrogens with zero attached hydrogens (tertiary/aromatic N) is 5. The third-order valence-electron chi connectivity index (χ3n) is 19.7. The summed E-state index contributed by atoms with van der Waals surface area (Å²) in [7, 11) is 5.79. The Hall–Kier alpha value is -7.00. The number of benzene rings is 2. The average Bonchev–Trinajstić information content (AvgIpc) is 1.70. The number of Topliss-reactive ketones (excluding diaryl/α,β-unsaturated/α-hetero) is 1. The number of aryl methyl sites for hydroxylation is 2. The Kier molecular flexibility index (Phi) is 18.7. The summed E-state index contributed by atoms with van der Waals surface area (Å²) in [6.45, 7) is 21.6. The number of pyridine rings is 2. The summed E-state index contributed by atoms with van der Waals surface area (Å²) in [5.74, 6) is -6.95. The van der Waals surface area contributed by atoms with E-state index >= 15 is 4.39 Å². The molecule has 2 aromatic carbocycles. The third kappa shape index (κ3) is 12.3. The number of aromatic nitrogens is 1. The molecule has 4 fully saturated rings. The van der Waals surface area contributed by atoms with Gasteiger partial charge in [-0.2, -0.15) is 5.10 Å². The average molecular weight is 1210 g/mol. The Morgan fingerprint density at radius 3 is 2.17 bits per heavy atom. The van der Waals surface area contributed by atoms with Crippen LogP contribution >= 0.6 is 0 Å². The highest BCUT2D eigenvalue weighted by atomic mass is 19.1. The maximum absolute atomic E-state index is 15.3. The fraction of sp³-hybridized carbons (Fsp3) is 0.567. The first-order valence-corrected chi connectivity index (χ1v) is 30.7. The van der Waals surface area contributed by atoms with Crippen LogP contribution in [0.25, 0.3) is 16.3 Å². The SMILES string of the molecule is CO[C@H]1/C=C/O[C@@]2(C)Oc3c(C)c(O)c4c(O)c(c(/C=N/N5CCC(C)CC5)c(O)c4c3C2=O)NC(=O)/C(C)=C\C=C\[C@H](C)[C@H](O)[C@@H](C)[C@@H](O)[C@@H](C)[C@H](OC(C)=O)[C@@H]1C.Cc1cc(C2CC2)c2c(C)c(N3CC[C@@H](C4(N(C)C)CC4)C3)c(F)cn2c1=O. The number of phenolic OH excluding ortho intramolecular Hbond substituents is 3. The molecule has 5 bridgehead atoms. The molecule has 11 rings (SSSR count). The number of esters is 1. The summed E-state index contributed by atoms with van der Waals surface area (Å²) < 4.78 is 40.4. The van der Waals surface area contributed by atoms with E-state index in [1.807, 2.05) is 24.9 Å². The molecule has 10 atom stereocenters. The maximum atomic E-state index is 15.3. The van der Waals surface area contributed by atoms with Crippen LogP contribution in [0.1, 0.15) is 144 Å². The van der Waals surface area contributed by atoms with Gasteiger partial charge in [-0.3, -0.25) is 28.6 Å². The van der Waals surface area contributed by atoms with Crippen LogP contribution in [0.2, 0.25) is 0 Å². The van der Waals surface area contributed by atoms with Crippen LogP contribution < -0.4 is 20.5 Å². The molecule has 0 unspecified atom stereocenters. The molecule has 2 aromatic heterocycles. The number of halogens is 1. The van der Waals surface area contributed by atoms with Gasteiger partial charge in [0.15, 0.2) is 11.6 Å². The fourth-order valence-electron chi connectivity index (χ4n) is 13.7. The van der Waals surface area contributed by atoms with Crippen LogP contribution in [0, 0.1) is 62.1 Å². The normalized spacial score (nSPS) is 29.4. The number of aromatic hydroxyl groups is 3. The number of fused-ring (bicyclic) bond motifs is 15. The zero-order valence-electron chi connectivity index (χ0n) is 52.9. The molecular formula is C67H89FN6O13. The van der Waals surface area contributed by atoms with Crippen molar-refractivity contribution in [1.29, 1.82) is 0 Å². The van der Waals surface area contributed by atoms with Gasteiger partial charge in [0.2, 0.25) is 0 Å². The molecule has 4 aromatic rings. The van der Waals surface area contributed by atoms with Crippen molar-refractivity contribution < 1.29 is 63.3 Å². The second-order valence-electron chi connectivity index (χ2n) is 26.0. The number of hydrazone groups is 1. The van der Waals surface area contributed by atoms with Gasteiger partial charge in [0, 0.05) is 98.4 Å². The number of carbonyl (C=O) groups excluding carboxylic acids is 3. The highest BCUT2D eigenvalue weighted by Gasteiger charge is 2.53. The van der Waals surface area contributed by atoms with Crippen LogP contribution in [0.5, 0.6) is 23.0 Å². The lowest BCUT2D eigenvalue weighted by atomic mass is 9.78. The molecule has 2 saturated heterocycles. The van der Waals surface area contributed by atoms with Crippen molar-refractivity contribution in [2.45, 2.75) is 163 Å². The molecule has 6 N–H and O–H groups in total. The summed E-state index contributed by atoms with van der Waals surface area (Å²) in [5.41, 5.74) is 4.40. The number of hydrogen-bond donors (Lipinski definition) is 6. The van der Waals surface area contributed by atoms with Crippen molar-refractivity contribution in [2.24, 2.45) is 40.6 Å². The predicted octanol–water partition coefficient (Wildman–Crippen LogP) is 9.67. The number of ether oxygens (including phenoxy) is 4. The van der Waals surface area contributed by atoms with E-state index in [-0.39, 0.29) is 55.8 Å². The van der Waals surface area contributed by atoms with Crippen molar-refractivity contribution in [3.8, 4) is 23.0 Å². The number of phenols is 3. The predicted molar refractivity (Wildman–Crippen MR) is 332 cm³/mol. The van der Waals surface area contributed by atoms with Crippen LogP contribution in [0.15, 0.2) is 58.3 Å². The van der Waals surface area contributed by atoms with E-state index in [1.165, 1.54) is 84.0 Å². The van der Waals surface area contributed by atoms with Gasteiger partial charge in [-0.25, -0.2) is 4.39 Å². The van der Waals surface area contributed by atoms with Crippen molar-refractivity contribution in [1.82, 2.24) is 14.3 Å². The molecule has 0 spiro atoms. The number of methoxy groups -OCH3 is 1. The fourth-order valence-corrected chi connectivity index (χ4v) is 13.7. The number of piperidine rings is 1. The first-order valence-electron chi connectivity index (χ1n) is 30.7. The highest BCUT2D eigenvalue weighted by molar-refractivity contribution is 6.24. The number of allylic oxidation sites excluding steroid dienone is 2. The van der Waals surface area contributed by atoms with Crippen LogP contribution in [-0.4, -0.2) is 147 Å². The molecular weight excluding hydrogens is 1120 g/mol. The van der Waals surface area contributed by atoms with E-state index in [0.717, 1.165) is 56.3 Å². The molecule has 2 saturated carbocycles. The third-order valence-corrected chi connectivity index (χ3v) is 19.7. The van der Waals surface area contributed by atoms with Gasteiger partial charge in [0.1, 0.15) is 23.4 Å². The van der Waals surface area contributed by atoms with E-state index in [1.54, 1.807) is 44.2 Å². The lowest BCUT2D eigenvalue weighted by Gasteiger charge is -2.38. The molecule has 1 amide bonds. The van der Waals surface area contributed by atoms with Gasteiger partial charge in [-0.15, -0.1) is 0 Å². The van der Waals surface area contributed by atoms with E-state index in [9.17, 15) is 44.7 Å². The first kappa shape index (κ1) is 64.5. The van der Waals surface area contributed by atoms with Crippen molar-refractivity contribution >= 4 is 51.5 Å². The number of ketones is 1. The molecule has 472 valence electrons. The summed E-state index contributed by atoms with van der Waals surface area (Å²) in [6, 6.07) is 2.04. The second-order valence-corrected chi connectivity index (χ2v) is 26.0. The molecule has 7 aliphatic rings. The molecule has 5 aliphatic heterocycles. The van der Waals surface area contributed by atoms with Gasteiger partial charge in [0.25, 0.3) is 17.2 Å². The molecule has 2 aliphatic carbocycles. The number of rotatable bonds is 8. The summed E-state index contributed by atoms with van der Waals surface area (Å²) >= 11 is 0. The Balaban J connectivity index is 0.000000265. The summed E-state index contributed by atoms with van der Waals surface area (Å²) in [5, 5.41) is 67.0. The van der Waals surface area contributed by atoms with Crippen LogP contribution in [0.4, 0.5) is 15.8 Å². The second kappa shape index (κ2) is 25.2. The number of amides is 1. The Morgan fingerprint density at radius 1 is 0.874 bits per heavy atom. The topological polar surface area (TPSA) is 245 Å². The zero-order valence-corrected chi connectivity index (χ0v) is 52.9. The number of aliphatic hydroxyl groups excluding tert-OH is 2. The lowest BCUT2D eigenvalue weighted by Crippen LogP contribution is -2.46. The molecule has 7 heterocycles. The standard InChI is InChI=1S/C44H59N3O12.C23H30FN3O/c1-21-14-17-47(18-15-21)45-20-29-34-39(53)32-31(38(29)52)33-41(27(7)37(32)51)59-44(9,42(33)54)57-19-16-30(56-10)24(4)40(58-28(8)48)26(6)36(50)25(5)35(49)22(2)12-11-13-23(3)43(55)46-34;1-14-11-18(16-5-6-16)20-15(2)21(19(24)13-27(20)22(14)28)26-10-7-17(12-26)23(8-9-23)25(3)4/h11-13,16,19-22,24-26,30,35-36,40,49-53H,14-15,17-18H2,1-10H3,(H,46,55);11,13,16-17H,5-10,12H2,1-4H3/b12-11+,19-16+,23-13-,45-20+;/t22-,24+,25+,26+,30-,35-,36+,40+,44-;17-/m01/s1. The van der Waals surface area contributed by atoms with E-state index < -0.39 is 88.8 Å². The minimum atomic E-state index is -2.04. The number of nitrogens with one attached hydrogen (secondary N) is 1. The molecule has 19 nitrogen and oxygen atoms in total. The largest absolute Gasteiger partial charge is 0.507 e. The first-order chi connectivity index (χ1) is 41.1. The Labute approximate surface area is 509 Å². The van der Waals surface area contributed by atoms with E-state index in [4.69, 9.17) is 18.9 Å². The van der Waals surface area contributed by atoms with Gasteiger partial charge < -0.3 is 59.6 Å². The number of anilines is 2. The summed E-state index contributed by atoms with van der Waals surface area (Å²) in [4.78, 5) is 57.8. The van der Waals surface area contributed by atoms with Crippen molar-refractivity contribution in [3.05, 3.63) is 98.0 Å². The van der Waals surface area contributed by atoms with Crippen molar-refractivity contribution in [3.63, 3.8) is 0 Å². The minimum Gasteiger partial charge on any atom is -0.507 e. The van der Waals surface area contributed by atoms with Gasteiger partial charge in [0.05, 0.1) is 70.4 Å². The minimum absolute atomic E-state index is 0.0606. The van der Waals surface area contributed by atoms with E-state index in [2.05, 4.69) is 41.2 Å². The maximum Gasteiger partial charge on any atom is 0.312 e. The van der Waals surface area contributed by atoms with E-state index in [0.29, 0.717) is 47.6 Å². The van der Waals surface area contributed by atoms with Crippen LogP contribution in [-0.2, 0) is 23.8 Å². The van der Waals surface area contributed by atoms with Gasteiger partial charge in [-0.05, 0) is 128 Å². The highest BCUT2D eigenvalue weighted by Crippen LogP contribution is 2.56. The molecule has 0 radical (unpaired) electrons. The molecule has 20 heteroatoms. The number of aliphatic hydroxyl groups is 2. The van der Waals surface area contributed by atoms with Gasteiger partial charge >= 0.3 is 11.8 Å². The smallest absolute Gasteiger partial charge is 0.312 e. The van der Waals surface area contributed by atoms with Crippen LogP contribution in [0.3, 0.4) is 0 Å². The Bertz CT molecular complexity index is 3520. The Morgan fingerprint density at radius 2 is 1.55 bits per heavy atom. The molecule has 87 heavy (non-hydrogen) atoms. The number of hydrogen-bond acceptors (Lipinski definition) is 17. The number of carbonyl (C=O) groups is 3. The zero-order chi connectivity index (χ0) is 63.5. The lowest BCUT2D eigenvalue weighted by molar-refractivity contribution is -0.160. The van der Waals surface area contributed by atoms with Gasteiger partial charge in [-0.1, -0.05) is 52.8 Å². The summed E-state index contributed by atoms with van der Waals surface area (Å²) in [6.07, 6.45) is 14.0.